The average Bonchev–Trinajstić information content (AvgIpc) is 2.90. The summed E-state index contributed by atoms with van der Waals surface area (Å²) in [5, 5.41) is 12.0. The van der Waals surface area contributed by atoms with Gasteiger partial charge in [0.05, 0.1) is 4.91 Å². The van der Waals surface area contributed by atoms with Gasteiger partial charge in [-0.05, 0) is 42.0 Å². The van der Waals surface area contributed by atoms with E-state index in [-0.39, 0.29) is 23.3 Å². The van der Waals surface area contributed by atoms with E-state index in [9.17, 15) is 14.7 Å². The van der Waals surface area contributed by atoms with Gasteiger partial charge in [0, 0.05) is 24.7 Å². The van der Waals surface area contributed by atoms with E-state index in [0.29, 0.717) is 23.6 Å². The number of rotatable bonds is 6. The number of nitrogens with zero attached hydrogens (tertiary/aromatic N) is 1. The Bertz CT molecular complexity index is 897. The van der Waals surface area contributed by atoms with Gasteiger partial charge in [0.15, 0.2) is 0 Å². The minimum atomic E-state index is -0.175. The smallest absolute Gasteiger partial charge is 0.291 e. The first-order chi connectivity index (χ1) is 13.0. The molecule has 0 unspecified atom stereocenters. The maximum atomic E-state index is 12.2. The molecule has 0 bridgehead atoms. The van der Waals surface area contributed by atoms with Crippen molar-refractivity contribution >= 4 is 51.9 Å². The molecule has 2 amide bonds. The van der Waals surface area contributed by atoms with Crippen molar-refractivity contribution in [2.45, 2.75) is 12.8 Å². The van der Waals surface area contributed by atoms with E-state index in [1.54, 1.807) is 12.1 Å². The van der Waals surface area contributed by atoms with Crippen molar-refractivity contribution in [2.24, 2.45) is 0 Å². The number of phenols is 1. The minimum Gasteiger partial charge on any atom is -0.508 e. The van der Waals surface area contributed by atoms with Crippen molar-refractivity contribution in [2.75, 3.05) is 11.9 Å². The molecule has 0 atom stereocenters. The molecular weight excluding hydrogens is 380 g/mol. The molecule has 1 heterocycles. The maximum absolute atomic E-state index is 12.2. The molecule has 7 heteroatoms. The highest BCUT2D eigenvalue weighted by Crippen LogP contribution is 2.33. The summed E-state index contributed by atoms with van der Waals surface area (Å²) in [6.07, 6.45) is 2.65. The van der Waals surface area contributed by atoms with Crippen LogP contribution in [-0.2, 0) is 4.79 Å². The van der Waals surface area contributed by atoms with Crippen LogP contribution in [0.5, 0.6) is 5.75 Å². The first-order valence-electron chi connectivity index (χ1n) is 8.42. The number of carbonyl (C=O) groups excluding carboxylic acids is 2. The summed E-state index contributed by atoms with van der Waals surface area (Å²) in [5.74, 6) is -0.0820. The molecule has 5 nitrogen and oxygen atoms in total. The molecule has 2 N–H and O–H groups in total. The predicted molar refractivity (Wildman–Crippen MR) is 113 cm³/mol. The number of hydrogen-bond donors (Lipinski definition) is 2. The predicted octanol–water partition coefficient (Wildman–Crippen LogP) is 4.65. The summed E-state index contributed by atoms with van der Waals surface area (Å²) in [4.78, 5) is 27.0. The Morgan fingerprint density at radius 3 is 2.70 bits per heavy atom. The monoisotopic (exact) mass is 398 g/mol. The summed E-state index contributed by atoms with van der Waals surface area (Å²) in [5.41, 5.74) is 1.53. The fourth-order valence-corrected chi connectivity index (χ4v) is 3.89. The topological polar surface area (TPSA) is 69.6 Å². The lowest BCUT2D eigenvalue weighted by molar-refractivity contribution is -0.116. The van der Waals surface area contributed by atoms with E-state index in [2.05, 4.69) is 5.32 Å². The van der Waals surface area contributed by atoms with E-state index >= 15 is 0 Å². The van der Waals surface area contributed by atoms with Crippen molar-refractivity contribution in [3.05, 3.63) is 65.1 Å². The lowest BCUT2D eigenvalue weighted by Gasteiger charge is -2.14. The highest BCUT2D eigenvalue weighted by atomic mass is 32.2. The third-order valence-electron chi connectivity index (χ3n) is 3.89. The van der Waals surface area contributed by atoms with Crippen LogP contribution in [0.25, 0.3) is 6.08 Å². The second kappa shape index (κ2) is 8.83. The summed E-state index contributed by atoms with van der Waals surface area (Å²) >= 11 is 6.54. The Morgan fingerprint density at radius 2 is 1.96 bits per heavy atom. The molecule has 0 aliphatic carbocycles. The second-order valence-corrected chi connectivity index (χ2v) is 7.33. The number of hydrogen-bond acceptors (Lipinski definition) is 5. The fourth-order valence-electron chi connectivity index (χ4n) is 2.60. The van der Waals surface area contributed by atoms with E-state index in [4.69, 9.17) is 12.2 Å². The van der Waals surface area contributed by atoms with Gasteiger partial charge in [-0.25, -0.2) is 0 Å². The Morgan fingerprint density at radius 1 is 1.19 bits per heavy atom. The fraction of sp³-hybridized carbons (Fsp3) is 0.150. The first kappa shape index (κ1) is 19.1. The zero-order valence-electron chi connectivity index (χ0n) is 14.4. The molecular formula is C20H18N2O3S2. The third-order valence-corrected chi connectivity index (χ3v) is 5.38. The Kier molecular flexibility index (Phi) is 6.26. The van der Waals surface area contributed by atoms with Crippen molar-refractivity contribution < 1.29 is 14.7 Å². The number of aromatic hydroxyl groups is 1. The van der Waals surface area contributed by atoms with Gasteiger partial charge in [0.1, 0.15) is 10.7 Å². The molecule has 0 radical (unpaired) electrons. The average molecular weight is 399 g/mol. The van der Waals surface area contributed by atoms with Crippen LogP contribution in [0.15, 0.2) is 59.5 Å². The van der Waals surface area contributed by atoms with Crippen LogP contribution in [0.2, 0.25) is 0 Å². The normalized spacial score (nSPS) is 15.4. The van der Waals surface area contributed by atoms with Gasteiger partial charge >= 0.3 is 0 Å². The number of benzene rings is 2. The molecule has 1 aliphatic heterocycles. The van der Waals surface area contributed by atoms with Gasteiger partial charge in [0.2, 0.25) is 5.91 Å². The van der Waals surface area contributed by atoms with Crippen LogP contribution in [-0.4, -0.2) is 32.7 Å². The molecule has 0 saturated carbocycles. The SMILES string of the molecule is O=C(CCCN1C(=O)S/C(=C/c2ccccc2)C1=S)Nc1cccc(O)c1. The Balaban J connectivity index is 1.52. The molecule has 0 aromatic heterocycles. The number of nitrogens with one attached hydrogen (secondary N) is 1. The van der Waals surface area contributed by atoms with Gasteiger partial charge in [-0.15, -0.1) is 0 Å². The molecule has 138 valence electrons. The van der Waals surface area contributed by atoms with Crippen LogP contribution in [0.3, 0.4) is 0 Å². The largest absolute Gasteiger partial charge is 0.508 e. The number of thioether (sulfide) groups is 1. The van der Waals surface area contributed by atoms with Crippen LogP contribution in [0.4, 0.5) is 10.5 Å². The zero-order chi connectivity index (χ0) is 19.2. The standard InChI is InChI=1S/C20H18N2O3S2/c23-16-9-4-8-15(13-16)21-18(24)10-5-11-22-19(26)17(27-20(22)25)12-14-6-2-1-3-7-14/h1-4,6-9,12-13,23H,5,10-11H2,(H,21,24)/b17-12+. The van der Waals surface area contributed by atoms with Crippen molar-refractivity contribution in [3.63, 3.8) is 0 Å². The van der Waals surface area contributed by atoms with Gasteiger partial charge in [0.25, 0.3) is 5.24 Å². The Hall–Kier alpha value is -2.64. The molecule has 2 aromatic carbocycles. The molecule has 27 heavy (non-hydrogen) atoms. The van der Waals surface area contributed by atoms with Crippen molar-refractivity contribution in [3.8, 4) is 5.75 Å². The van der Waals surface area contributed by atoms with Crippen molar-refractivity contribution in [1.82, 2.24) is 4.90 Å². The third kappa shape index (κ3) is 5.18. The van der Waals surface area contributed by atoms with E-state index in [1.165, 1.54) is 17.0 Å². The number of thiocarbonyl (C=S) groups is 1. The summed E-state index contributed by atoms with van der Waals surface area (Å²) < 4.78 is 0. The maximum Gasteiger partial charge on any atom is 0.291 e. The first-order valence-corrected chi connectivity index (χ1v) is 9.65. The number of phenolic OH excluding ortho intramolecular Hbond substituents is 1. The lowest BCUT2D eigenvalue weighted by Crippen LogP contribution is -2.28. The molecule has 1 saturated heterocycles. The van der Waals surface area contributed by atoms with Crippen molar-refractivity contribution in [1.29, 1.82) is 0 Å². The van der Waals surface area contributed by atoms with Crippen LogP contribution < -0.4 is 5.32 Å². The molecule has 2 aromatic rings. The van der Waals surface area contributed by atoms with E-state index in [1.807, 2.05) is 36.4 Å². The van der Waals surface area contributed by atoms with Gasteiger partial charge in [-0.1, -0.05) is 48.6 Å². The van der Waals surface area contributed by atoms with Crippen LogP contribution in [0, 0.1) is 0 Å². The highest BCUT2D eigenvalue weighted by molar-refractivity contribution is 8.19. The Labute approximate surface area is 167 Å². The molecule has 0 spiro atoms. The quantitative estimate of drug-likeness (QED) is 0.548. The van der Waals surface area contributed by atoms with Gasteiger partial charge < -0.3 is 10.4 Å². The molecule has 1 fully saturated rings. The summed E-state index contributed by atoms with van der Waals surface area (Å²) in [6.45, 7) is 0.393. The highest BCUT2D eigenvalue weighted by Gasteiger charge is 2.31. The van der Waals surface area contributed by atoms with Gasteiger partial charge in [-0.2, -0.15) is 0 Å². The van der Waals surface area contributed by atoms with E-state index < -0.39 is 0 Å². The van der Waals surface area contributed by atoms with E-state index in [0.717, 1.165) is 22.2 Å². The van der Waals surface area contributed by atoms with Gasteiger partial charge in [-0.3, -0.25) is 14.5 Å². The van der Waals surface area contributed by atoms with Crippen LogP contribution >= 0.6 is 24.0 Å². The van der Waals surface area contributed by atoms with Crippen LogP contribution in [0.1, 0.15) is 18.4 Å². The zero-order valence-corrected chi connectivity index (χ0v) is 16.1. The minimum absolute atomic E-state index is 0.0931. The second-order valence-electron chi connectivity index (χ2n) is 5.95. The number of carbonyl (C=O) groups is 2. The molecule has 3 rings (SSSR count). The lowest BCUT2D eigenvalue weighted by atomic mass is 10.2. The molecule has 1 aliphatic rings. The number of amides is 2. The summed E-state index contributed by atoms with van der Waals surface area (Å²) in [7, 11) is 0. The summed E-state index contributed by atoms with van der Waals surface area (Å²) in [6, 6.07) is 16.1. The number of anilines is 1.